The Kier molecular flexibility index (Phi) is 5.32. The maximum atomic E-state index is 11.9. The van der Waals surface area contributed by atoms with Crippen LogP contribution in [0.25, 0.3) is 0 Å². The lowest BCUT2D eigenvalue weighted by atomic mass is 10.2. The molecule has 0 saturated carbocycles. The number of amides is 3. The van der Waals surface area contributed by atoms with Crippen LogP contribution in [0.3, 0.4) is 0 Å². The number of hydrogen-bond acceptors (Lipinski definition) is 5. The summed E-state index contributed by atoms with van der Waals surface area (Å²) in [6, 6.07) is 6.13. The van der Waals surface area contributed by atoms with E-state index in [-0.39, 0.29) is 11.9 Å². The van der Waals surface area contributed by atoms with Crippen molar-refractivity contribution in [1.82, 2.24) is 15.5 Å². The molecule has 8 nitrogen and oxygen atoms in total. The number of nitrogens with one attached hydrogen (secondary N) is 2. The summed E-state index contributed by atoms with van der Waals surface area (Å²) in [4.78, 5) is 28.5. The highest BCUT2D eigenvalue weighted by Gasteiger charge is 2.11. The van der Waals surface area contributed by atoms with E-state index in [0.29, 0.717) is 23.6 Å². The molecule has 0 aliphatic carbocycles. The minimum absolute atomic E-state index is 0.272. The number of benzene rings is 1. The Labute approximate surface area is 133 Å². The highest BCUT2D eigenvalue weighted by atomic mass is 16.7. The van der Waals surface area contributed by atoms with E-state index in [1.54, 1.807) is 37.4 Å². The molecule has 0 saturated heterocycles. The summed E-state index contributed by atoms with van der Waals surface area (Å²) < 4.78 is 4.91. The first-order valence-electron chi connectivity index (χ1n) is 6.88. The molecule has 0 fully saturated rings. The van der Waals surface area contributed by atoms with Gasteiger partial charge >= 0.3 is 6.03 Å². The fourth-order valence-corrected chi connectivity index (χ4v) is 1.80. The largest absolute Gasteiger partial charge is 0.361 e. The van der Waals surface area contributed by atoms with Gasteiger partial charge in [0.05, 0.1) is 13.3 Å². The van der Waals surface area contributed by atoms with Gasteiger partial charge < -0.3 is 15.2 Å². The highest BCUT2D eigenvalue weighted by molar-refractivity contribution is 5.94. The maximum absolute atomic E-state index is 11.9. The molecule has 0 aliphatic heterocycles. The van der Waals surface area contributed by atoms with Gasteiger partial charge in [0.25, 0.3) is 5.91 Å². The summed E-state index contributed by atoms with van der Waals surface area (Å²) in [6.45, 7) is 2.09. The Balaban J connectivity index is 1.89. The SMILES string of the molecule is CON(C)C(=O)c1ccc(NC(=O)NCc2cnoc2C)cc1. The van der Waals surface area contributed by atoms with E-state index in [1.807, 2.05) is 0 Å². The number of hydroxylamine groups is 2. The van der Waals surface area contributed by atoms with E-state index in [4.69, 9.17) is 9.36 Å². The number of carbonyl (C=O) groups is 2. The van der Waals surface area contributed by atoms with Gasteiger partial charge in [0, 0.05) is 30.4 Å². The second-order valence-corrected chi connectivity index (χ2v) is 4.78. The van der Waals surface area contributed by atoms with Crippen LogP contribution in [-0.2, 0) is 11.4 Å². The lowest BCUT2D eigenvalue weighted by molar-refractivity contribution is -0.0756. The van der Waals surface area contributed by atoms with Crippen molar-refractivity contribution >= 4 is 17.6 Å². The molecule has 0 aliphatic rings. The van der Waals surface area contributed by atoms with Crippen molar-refractivity contribution in [3.63, 3.8) is 0 Å². The summed E-state index contributed by atoms with van der Waals surface area (Å²) in [5.74, 6) is 0.391. The quantitative estimate of drug-likeness (QED) is 0.821. The Hall–Kier alpha value is -2.87. The van der Waals surface area contributed by atoms with Crippen LogP contribution < -0.4 is 10.6 Å². The number of aryl methyl sites for hydroxylation is 1. The van der Waals surface area contributed by atoms with Crippen LogP contribution in [-0.4, -0.2) is 36.3 Å². The predicted octanol–water partition coefficient (Wildman–Crippen LogP) is 1.94. The zero-order chi connectivity index (χ0) is 16.8. The Morgan fingerprint density at radius 1 is 1.30 bits per heavy atom. The first kappa shape index (κ1) is 16.5. The van der Waals surface area contributed by atoms with Gasteiger partial charge in [-0.2, -0.15) is 0 Å². The summed E-state index contributed by atoms with van der Waals surface area (Å²) in [7, 11) is 2.93. The zero-order valence-electron chi connectivity index (χ0n) is 13.1. The summed E-state index contributed by atoms with van der Waals surface area (Å²) in [5, 5.41) is 10.1. The van der Waals surface area contributed by atoms with E-state index in [9.17, 15) is 9.59 Å². The number of carbonyl (C=O) groups excluding carboxylic acids is 2. The molecular formula is C15H18N4O4. The van der Waals surface area contributed by atoms with Crippen LogP contribution in [0.1, 0.15) is 21.7 Å². The van der Waals surface area contributed by atoms with Crippen molar-refractivity contribution in [1.29, 1.82) is 0 Å². The van der Waals surface area contributed by atoms with E-state index >= 15 is 0 Å². The van der Waals surface area contributed by atoms with Crippen LogP contribution in [0.4, 0.5) is 10.5 Å². The third kappa shape index (κ3) is 4.30. The third-order valence-electron chi connectivity index (χ3n) is 3.24. The smallest absolute Gasteiger partial charge is 0.319 e. The summed E-state index contributed by atoms with van der Waals surface area (Å²) in [6.07, 6.45) is 1.56. The fraction of sp³-hybridized carbons (Fsp3) is 0.267. The molecule has 2 N–H and O–H groups in total. The van der Waals surface area contributed by atoms with E-state index in [0.717, 1.165) is 10.6 Å². The lowest BCUT2D eigenvalue weighted by Crippen LogP contribution is -2.28. The first-order chi connectivity index (χ1) is 11.0. The molecule has 1 heterocycles. The van der Waals surface area contributed by atoms with Crippen LogP contribution in [0.15, 0.2) is 35.0 Å². The predicted molar refractivity (Wildman–Crippen MR) is 82.6 cm³/mol. The van der Waals surface area contributed by atoms with Gasteiger partial charge in [-0.15, -0.1) is 0 Å². The van der Waals surface area contributed by atoms with Crippen LogP contribution in [0, 0.1) is 6.92 Å². The molecule has 0 atom stereocenters. The number of hydrogen-bond donors (Lipinski definition) is 2. The van der Waals surface area contributed by atoms with Gasteiger partial charge in [-0.1, -0.05) is 5.16 Å². The minimum Gasteiger partial charge on any atom is -0.361 e. The first-order valence-corrected chi connectivity index (χ1v) is 6.88. The molecule has 23 heavy (non-hydrogen) atoms. The second-order valence-electron chi connectivity index (χ2n) is 4.78. The highest BCUT2D eigenvalue weighted by Crippen LogP contribution is 2.11. The van der Waals surface area contributed by atoms with Crippen molar-refractivity contribution in [3.05, 3.63) is 47.3 Å². The molecular weight excluding hydrogens is 300 g/mol. The van der Waals surface area contributed by atoms with Gasteiger partial charge in [0.1, 0.15) is 5.76 Å². The molecule has 2 aromatic rings. The summed E-state index contributed by atoms with van der Waals surface area (Å²) in [5.41, 5.74) is 1.84. The van der Waals surface area contributed by atoms with Crippen LogP contribution >= 0.6 is 0 Å². The molecule has 122 valence electrons. The number of urea groups is 1. The molecule has 2 rings (SSSR count). The summed E-state index contributed by atoms with van der Waals surface area (Å²) >= 11 is 0. The molecule has 3 amide bonds. The van der Waals surface area contributed by atoms with Crippen molar-refractivity contribution in [2.45, 2.75) is 13.5 Å². The molecule has 0 radical (unpaired) electrons. The van der Waals surface area contributed by atoms with Crippen molar-refractivity contribution in [2.75, 3.05) is 19.5 Å². The maximum Gasteiger partial charge on any atom is 0.319 e. The topological polar surface area (TPSA) is 96.7 Å². The third-order valence-corrected chi connectivity index (χ3v) is 3.24. The minimum atomic E-state index is -0.362. The van der Waals surface area contributed by atoms with Gasteiger partial charge in [0.15, 0.2) is 0 Å². The lowest BCUT2D eigenvalue weighted by Gasteiger charge is -2.13. The van der Waals surface area contributed by atoms with E-state index in [1.165, 1.54) is 14.2 Å². The Morgan fingerprint density at radius 3 is 2.57 bits per heavy atom. The average Bonchev–Trinajstić information content (AvgIpc) is 2.97. The van der Waals surface area contributed by atoms with Gasteiger partial charge in [-0.05, 0) is 31.2 Å². The molecule has 0 spiro atoms. The molecule has 8 heteroatoms. The Morgan fingerprint density at radius 2 is 2.00 bits per heavy atom. The standard InChI is InChI=1S/C15H18N4O4/c1-10-12(9-17-23-10)8-16-15(21)18-13-6-4-11(5-7-13)14(20)19(2)22-3/h4-7,9H,8H2,1-3H3,(H2,16,18,21). The fourth-order valence-electron chi connectivity index (χ4n) is 1.80. The van der Waals surface area contributed by atoms with Gasteiger partial charge in [0.2, 0.25) is 0 Å². The van der Waals surface area contributed by atoms with E-state index < -0.39 is 0 Å². The number of aromatic nitrogens is 1. The second kappa shape index (κ2) is 7.41. The molecule has 1 aromatic carbocycles. The number of anilines is 1. The zero-order valence-corrected chi connectivity index (χ0v) is 13.1. The number of rotatable bonds is 5. The normalized spacial score (nSPS) is 10.2. The molecule has 1 aromatic heterocycles. The van der Waals surface area contributed by atoms with Gasteiger partial charge in [-0.3, -0.25) is 9.63 Å². The average molecular weight is 318 g/mol. The monoisotopic (exact) mass is 318 g/mol. The van der Waals surface area contributed by atoms with Crippen molar-refractivity contribution < 1.29 is 18.9 Å². The molecule has 0 bridgehead atoms. The molecule has 0 unspecified atom stereocenters. The van der Waals surface area contributed by atoms with Crippen LogP contribution in [0.5, 0.6) is 0 Å². The number of nitrogens with zero attached hydrogens (tertiary/aromatic N) is 2. The van der Waals surface area contributed by atoms with Crippen molar-refractivity contribution in [2.24, 2.45) is 0 Å². The van der Waals surface area contributed by atoms with Gasteiger partial charge in [-0.25, -0.2) is 9.86 Å². The van der Waals surface area contributed by atoms with Crippen LogP contribution in [0.2, 0.25) is 0 Å². The van der Waals surface area contributed by atoms with E-state index in [2.05, 4.69) is 15.8 Å². The Bertz CT molecular complexity index is 681. The van der Waals surface area contributed by atoms with Crippen molar-refractivity contribution in [3.8, 4) is 0 Å².